The van der Waals surface area contributed by atoms with Crippen molar-refractivity contribution in [2.75, 3.05) is 11.9 Å². The Morgan fingerprint density at radius 2 is 1.60 bits per heavy atom. The SMILES string of the molecule is CCCNC(=O)C1CC1C(=O)Nc1ccc(Oc2ccccc2)cc1. The van der Waals surface area contributed by atoms with Gasteiger partial charge in [-0.2, -0.15) is 0 Å². The van der Waals surface area contributed by atoms with Crippen molar-refractivity contribution in [2.45, 2.75) is 19.8 Å². The van der Waals surface area contributed by atoms with Crippen molar-refractivity contribution in [2.24, 2.45) is 11.8 Å². The van der Waals surface area contributed by atoms with Crippen LogP contribution in [0.5, 0.6) is 11.5 Å². The zero-order valence-corrected chi connectivity index (χ0v) is 14.2. The molecule has 3 rings (SSSR count). The van der Waals surface area contributed by atoms with Gasteiger partial charge >= 0.3 is 0 Å². The maximum absolute atomic E-state index is 12.2. The van der Waals surface area contributed by atoms with E-state index in [2.05, 4.69) is 10.6 Å². The van der Waals surface area contributed by atoms with Gasteiger partial charge in [-0.3, -0.25) is 9.59 Å². The lowest BCUT2D eigenvalue weighted by atomic mass is 10.2. The lowest BCUT2D eigenvalue weighted by Gasteiger charge is -2.08. The van der Waals surface area contributed by atoms with Crippen molar-refractivity contribution in [1.29, 1.82) is 0 Å². The van der Waals surface area contributed by atoms with Gasteiger partial charge in [0.1, 0.15) is 11.5 Å². The normalized spacial score (nSPS) is 18.3. The lowest BCUT2D eigenvalue weighted by Crippen LogP contribution is -2.27. The van der Waals surface area contributed by atoms with Gasteiger partial charge in [-0.15, -0.1) is 0 Å². The third-order valence-electron chi connectivity index (χ3n) is 4.11. The fraction of sp³-hybridized carbons (Fsp3) is 0.300. The monoisotopic (exact) mass is 338 g/mol. The molecule has 2 N–H and O–H groups in total. The standard InChI is InChI=1S/C20H22N2O3/c1-2-12-21-19(23)17-13-18(17)20(24)22-14-8-10-16(11-9-14)25-15-6-4-3-5-7-15/h3-11,17-18H,2,12-13H2,1H3,(H,21,23)(H,22,24). The molecule has 1 saturated carbocycles. The van der Waals surface area contributed by atoms with E-state index in [1.165, 1.54) is 0 Å². The van der Waals surface area contributed by atoms with Crippen LogP contribution < -0.4 is 15.4 Å². The summed E-state index contributed by atoms with van der Waals surface area (Å²) in [4.78, 5) is 24.1. The molecule has 25 heavy (non-hydrogen) atoms. The van der Waals surface area contributed by atoms with Gasteiger partial charge in [0.25, 0.3) is 0 Å². The van der Waals surface area contributed by atoms with Gasteiger partial charge in [0, 0.05) is 12.2 Å². The van der Waals surface area contributed by atoms with E-state index in [1.807, 2.05) is 37.3 Å². The van der Waals surface area contributed by atoms with Gasteiger partial charge in [0.2, 0.25) is 11.8 Å². The molecule has 5 nitrogen and oxygen atoms in total. The van der Waals surface area contributed by atoms with Gasteiger partial charge in [-0.05, 0) is 49.2 Å². The Balaban J connectivity index is 1.50. The largest absolute Gasteiger partial charge is 0.457 e. The molecule has 1 aliphatic rings. The molecule has 2 unspecified atom stereocenters. The summed E-state index contributed by atoms with van der Waals surface area (Å²) in [5.74, 6) is 0.928. The van der Waals surface area contributed by atoms with Crippen LogP contribution in [0.4, 0.5) is 5.69 Å². The highest BCUT2D eigenvalue weighted by molar-refractivity contribution is 5.99. The third-order valence-corrected chi connectivity index (χ3v) is 4.11. The van der Waals surface area contributed by atoms with E-state index in [1.54, 1.807) is 24.3 Å². The van der Waals surface area contributed by atoms with Crippen LogP contribution in [0.2, 0.25) is 0 Å². The number of hydrogen-bond donors (Lipinski definition) is 2. The number of ether oxygens (including phenoxy) is 1. The van der Waals surface area contributed by atoms with Gasteiger partial charge < -0.3 is 15.4 Å². The molecule has 1 fully saturated rings. The molecule has 0 saturated heterocycles. The van der Waals surface area contributed by atoms with Crippen molar-refractivity contribution >= 4 is 17.5 Å². The first-order chi connectivity index (χ1) is 12.2. The number of carbonyl (C=O) groups is 2. The molecule has 2 amide bonds. The maximum Gasteiger partial charge on any atom is 0.228 e. The molecule has 0 heterocycles. The minimum absolute atomic E-state index is 0.0198. The second-order valence-electron chi connectivity index (χ2n) is 6.17. The molecule has 0 aromatic heterocycles. The van der Waals surface area contributed by atoms with E-state index in [0.29, 0.717) is 24.4 Å². The fourth-order valence-corrected chi connectivity index (χ4v) is 2.62. The highest BCUT2D eigenvalue weighted by Crippen LogP contribution is 2.39. The molecule has 130 valence electrons. The van der Waals surface area contributed by atoms with Crippen LogP contribution in [0.1, 0.15) is 19.8 Å². The molecular formula is C20H22N2O3. The summed E-state index contributed by atoms with van der Waals surface area (Å²) in [5, 5.41) is 5.70. The van der Waals surface area contributed by atoms with Crippen LogP contribution >= 0.6 is 0 Å². The number of benzene rings is 2. The highest BCUT2D eigenvalue weighted by Gasteiger charge is 2.47. The summed E-state index contributed by atoms with van der Waals surface area (Å²) in [6.07, 6.45) is 1.52. The van der Waals surface area contributed by atoms with Crippen LogP contribution in [0.15, 0.2) is 54.6 Å². The third kappa shape index (κ3) is 4.59. The molecule has 2 atom stereocenters. The molecule has 0 spiro atoms. The first-order valence-corrected chi connectivity index (χ1v) is 8.59. The van der Waals surface area contributed by atoms with Gasteiger partial charge in [0.05, 0.1) is 11.8 Å². The van der Waals surface area contributed by atoms with Crippen molar-refractivity contribution in [1.82, 2.24) is 5.32 Å². The Bertz CT molecular complexity index is 728. The van der Waals surface area contributed by atoms with E-state index in [-0.39, 0.29) is 23.7 Å². The average molecular weight is 338 g/mol. The summed E-state index contributed by atoms with van der Waals surface area (Å²) >= 11 is 0. The van der Waals surface area contributed by atoms with Crippen LogP contribution in [0.25, 0.3) is 0 Å². The van der Waals surface area contributed by atoms with E-state index in [0.717, 1.165) is 12.2 Å². The van der Waals surface area contributed by atoms with Gasteiger partial charge in [0.15, 0.2) is 0 Å². The van der Waals surface area contributed by atoms with Crippen molar-refractivity contribution < 1.29 is 14.3 Å². The summed E-state index contributed by atoms with van der Waals surface area (Å²) in [6.45, 7) is 2.66. The van der Waals surface area contributed by atoms with Crippen molar-refractivity contribution in [3.05, 3.63) is 54.6 Å². The molecule has 5 heteroatoms. The summed E-state index contributed by atoms with van der Waals surface area (Å²) in [6, 6.07) is 16.7. The predicted octanol–water partition coefficient (Wildman–Crippen LogP) is 3.58. The first-order valence-electron chi connectivity index (χ1n) is 8.59. The smallest absolute Gasteiger partial charge is 0.228 e. The number of rotatable bonds is 7. The average Bonchev–Trinajstić information content (AvgIpc) is 3.43. The Morgan fingerprint density at radius 3 is 2.28 bits per heavy atom. The zero-order valence-electron chi connectivity index (χ0n) is 14.2. The van der Waals surface area contributed by atoms with Crippen molar-refractivity contribution in [3.63, 3.8) is 0 Å². The minimum atomic E-state index is -0.225. The quantitative estimate of drug-likeness (QED) is 0.811. The molecule has 2 aromatic carbocycles. The molecule has 0 bridgehead atoms. The highest BCUT2D eigenvalue weighted by atomic mass is 16.5. The second-order valence-corrected chi connectivity index (χ2v) is 6.17. The minimum Gasteiger partial charge on any atom is -0.457 e. The van der Waals surface area contributed by atoms with Crippen molar-refractivity contribution in [3.8, 4) is 11.5 Å². The Morgan fingerprint density at radius 1 is 0.960 bits per heavy atom. The molecule has 0 radical (unpaired) electrons. The topological polar surface area (TPSA) is 67.4 Å². The number of para-hydroxylation sites is 1. The lowest BCUT2D eigenvalue weighted by molar-refractivity contribution is -0.125. The van der Waals surface area contributed by atoms with Crippen LogP contribution in [-0.4, -0.2) is 18.4 Å². The van der Waals surface area contributed by atoms with E-state index in [9.17, 15) is 9.59 Å². The summed E-state index contributed by atoms with van der Waals surface area (Å²) in [5.41, 5.74) is 0.699. The van der Waals surface area contributed by atoms with Crippen LogP contribution in [0, 0.1) is 11.8 Å². The van der Waals surface area contributed by atoms with Crippen LogP contribution in [0.3, 0.4) is 0 Å². The Hall–Kier alpha value is -2.82. The van der Waals surface area contributed by atoms with Gasteiger partial charge in [-0.25, -0.2) is 0 Å². The number of anilines is 1. The Kier molecular flexibility index (Phi) is 5.33. The Labute approximate surface area is 147 Å². The molecule has 2 aromatic rings. The van der Waals surface area contributed by atoms with E-state index in [4.69, 9.17) is 4.74 Å². The number of hydrogen-bond acceptors (Lipinski definition) is 3. The number of nitrogens with one attached hydrogen (secondary N) is 2. The zero-order chi connectivity index (χ0) is 17.6. The van der Waals surface area contributed by atoms with Crippen LogP contribution in [-0.2, 0) is 9.59 Å². The molecule has 1 aliphatic carbocycles. The van der Waals surface area contributed by atoms with E-state index < -0.39 is 0 Å². The van der Waals surface area contributed by atoms with Gasteiger partial charge in [-0.1, -0.05) is 25.1 Å². The summed E-state index contributed by atoms with van der Waals surface area (Å²) in [7, 11) is 0. The number of carbonyl (C=O) groups excluding carboxylic acids is 2. The fourth-order valence-electron chi connectivity index (χ4n) is 2.62. The maximum atomic E-state index is 12.2. The van der Waals surface area contributed by atoms with E-state index >= 15 is 0 Å². The molecular weight excluding hydrogens is 316 g/mol. The first kappa shape index (κ1) is 17.0. The molecule has 0 aliphatic heterocycles. The number of amides is 2. The predicted molar refractivity (Wildman–Crippen MR) is 96.5 cm³/mol. The summed E-state index contributed by atoms with van der Waals surface area (Å²) < 4.78 is 5.72. The second kappa shape index (κ2) is 7.83.